The van der Waals surface area contributed by atoms with Crippen molar-refractivity contribution >= 4 is 11.8 Å². The van der Waals surface area contributed by atoms with Gasteiger partial charge in [0.05, 0.1) is 6.04 Å². The second-order valence-electron chi connectivity index (χ2n) is 5.57. The largest absolute Gasteiger partial charge is 0.349 e. The lowest BCUT2D eigenvalue weighted by Gasteiger charge is -2.17. The predicted octanol–water partition coefficient (Wildman–Crippen LogP) is 0.939. The van der Waals surface area contributed by atoms with Gasteiger partial charge in [0, 0.05) is 31.9 Å². The zero-order valence-corrected chi connectivity index (χ0v) is 12.5. The van der Waals surface area contributed by atoms with Gasteiger partial charge in [-0.25, -0.2) is 4.39 Å². The van der Waals surface area contributed by atoms with Crippen molar-refractivity contribution in [3.63, 3.8) is 0 Å². The van der Waals surface area contributed by atoms with Crippen LogP contribution in [0.1, 0.15) is 12.0 Å². The van der Waals surface area contributed by atoms with E-state index >= 15 is 0 Å². The van der Waals surface area contributed by atoms with Gasteiger partial charge in [0.1, 0.15) is 12.4 Å². The van der Waals surface area contributed by atoms with E-state index < -0.39 is 0 Å². The van der Waals surface area contributed by atoms with Gasteiger partial charge >= 0.3 is 0 Å². The number of aromatic nitrogens is 2. The maximum absolute atomic E-state index is 12.9. The molecule has 1 aliphatic heterocycles. The minimum Gasteiger partial charge on any atom is -0.349 e. The van der Waals surface area contributed by atoms with Crippen LogP contribution in [0.25, 0.3) is 0 Å². The number of benzene rings is 1. The molecule has 1 saturated heterocycles. The van der Waals surface area contributed by atoms with Crippen LogP contribution >= 0.6 is 0 Å². The Morgan fingerprint density at radius 1 is 1.35 bits per heavy atom. The van der Waals surface area contributed by atoms with Gasteiger partial charge in [-0.3, -0.25) is 14.3 Å². The Morgan fingerprint density at radius 2 is 2.13 bits per heavy atom. The number of nitrogens with one attached hydrogen (secondary N) is 1. The van der Waals surface area contributed by atoms with E-state index in [4.69, 9.17) is 0 Å². The van der Waals surface area contributed by atoms with Crippen molar-refractivity contribution in [2.24, 2.45) is 0 Å². The molecule has 6 nitrogen and oxygen atoms in total. The summed E-state index contributed by atoms with van der Waals surface area (Å²) in [6.45, 7) is 1.02. The van der Waals surface area contributed by atoms with Crippen molar-refractivity contribution in [3.05, 3.63) is 54.1 Å². The van der Waals surface area contributed by atoms with Crippen LogP contribution in [0.4, 0.5) is 4.39 Å². The molecule has 2 amide bonds. The van der Waals surface area contributed by atoms with Crippen LogP contribution in [0.2, 0.25) is 0 Å². The first kappa shape index (κ1) is 15.2. The van der Waals surface area contributed by atoms with Gasteiger partial charge in [-0.15, -0.1) is 0 Å². The van der Waals surface area contributed by atoms with Crippen LogP contribution in [0.5, 0.6) is 0 Å². The van der Waals surface area contributed by atoms with E-state index in [1.54, 1.807) is 35.5 Å². The minimum atomic E-state index is -0.301. The summed E-state index contributed by atoms with van der Waals surface area (Å²) in [6, 6.07) is 7.61. The molecule has 0 unspecified atom stereocenters. The standard InChI is InChI=1S/C16H17FN4O2/c17-13-4-2-12(3-5-13)9-20-10-14(8-16(20)23)19-15(22)11-21-7-1-6-18-21/h1-7,14H,8-11H2,(H,19,22)/t14-/m0/s1. The highest BCUT2D eigenvalue weighted by Crippen LogP contribution is 2.15. The highest BCUT2D eigenvalue weighted by molar-refractivity contribution is 5.82. The van der Waals surface area contributed by atoms with Crippen LogP contribution in [-0.2, 0) is 22.7 Å². The van der Waals surface area contributed by atoms with E-state index in [1.807, 2.05) is 0 Å². The average Bonchev–Trinajstić information content (AvgIpc) is 3.12. The van der Waals surface area contributed by atoms with E-state index in [0.717, 1.165) is 5.56 Å². The van der Waals surface area contributed by atoms with Crippen LogP contribution in [-0.4, -0.2) is 39.1 Å². The monoisotopic (exact) mass is 316 g/mol. The highest BCUT2D eigenvalue weighted by atomic mass is 19.1. The lowest BCUT2D eigenvalue weighted by Crippen LogP contribution is -2.38. The molecule has 0 bridgehead atoms. The lowest BCUT2D eigenvalue weighted by molar-refractivity contribution is -0.128. The topological polar surface area (TPSA) is 67.2 Å². The molecule has 0 aliphatic carbocycles. The molecule has 2 aromatic rings. The summed E-state index contributed by atoms with van der Waals surface area (Å²) in [5.74, 6) is -0.487. The first-order valence-corrected chi connectivity index (χ1v) is 7.39. The van der Waals surface area contributed by atoms with E-state index in [0.29, 0.717) is 13.1 Å². The van der Waals surface area contributed by atoms with Gasteiger partial charge in [-0.2, -0.15) is 5.10 Å². The minimum absolute atomic E-state index is 0.0151. The summed E-state index contributed by atoms with van der Waals surface area (Å²) in [5.41, 5.74) is 0.864. The van der Waals surface area contributed by atoms with E-state index in [2.05, 4.69) is 10.4 Å². The van der Waals surface area contributed by atoms with Crippen molar-refractivity contribution < 1.29 is 14.0 Å². The molecular formula is C16H17FN4O2. The summed E-state index contributed by atoms with van der Waals surface area (Å²) in [6.07, 6.45) is 3.60. The van der Waals surface area contributed by atoms with Crippen molar-refractivity contribution in [2.45, 2.75) is 25.6 Å². The van der Waals surface area contributed by atoms with Crippen LogP contribution in [0, 0.1) is 5.82 Å². The zero-order chi connectivity index (χ0) is 16.2. The Hall–Kier alpha value is -2.70. The number of nitrogens with zero attached hydrogens (tertiary/aromatic N) is 3. The molecular weight excluding hydrogens is 299 g/mol. The third-order valence-corrected chi connectivity index (χ3v) is 3.73. The molecule has 2 heterocycles. The van der Waals surface area contributed by atoms with Gasteiger partial charge in [-0.05, 0) is 23.8 Å². The summed E-state index contributed by atoms with van der Waals surface area (Å²) in [4.78, 5) is 25.6. The first-order valence-electron chi connectivity index (χ1n) is 7.39. The molecule has 1 aliphatic rings. The van der Waals surface area contributed by atoms with Crippen LogP contribution in [0.15, 0.2) is 42.7 Å². The Bertz CT molecular complexity index is 685. The molecule has 0 radical (unpaired) electrons. The summed E-state index contributed by atoms with van der Waals surface area (Å²) in [5, 5.41) is 6.82. The SMILES string of the molecule is O=C(Cn1cccn1)N[C@H]1CC(=O)N(Cc2ccc(F)cc2)C1. The number of hydrogen-bond acceptors (Lipinski definition) is 3. The molecule has 1 N–H and O–H groups in total. The Balaban J connectivity index is 1.52. The van der Waals surface area contributed by atoms with Gasteiger partial charge in [-0.1, -0.05) is 12.1 Å². The number of hydrogen-bond donors (Lipinski definition) is 1. The third kappa shape index (κ3) is 3.94. The van der Waals surface area contributed by atoms with Crippen molar-refractivity contribution in [1.29, 1.82) is 0 Å². The van der Waals surface area contributed by atoms with Gasteiger partial charge in [0.15, 0.2) is 0 Å². The number of likely N-dealkylation sites (tertiary alicyclic amines) is 1. The Kier molecular flexibility index (Phi) is 4.36. The Morgan fingerprint density at radius 3 is 2.83 bits per heavy atom. The zero-order valence-electron chi connectivity index (χ0n) is 12.5. The summed E-state index contributed by atoms with van der Waals surface area (Å²) in [7, 11) is 0. The number of rotatable bonds is 5. The summed E-state index contributed by atoms with van der Waals surface area (Å²) < 4.78 is 14.4. The van der Waals surface area contributed by atoms with E-state index in [9.17, 15) is 14.0 Å². The molecule has 3 rings (SSSR count). The van der Waals surface area contributed by atoms with Gasteiger partial charge in [0.2, 0.25) is 11.8 Å². The molecule has 1 aromatic carbocycles. The van der Waals surface area contributed by atoms with Crippen molar-refractivity contribution in [1.82, 2.24) is 20.0 Å². The second kappa shape index (κ2) is 6.60. The average molecular weight is 316 g/mol. The smallest absolute Gasteiger partial charge is 0.242 e. The van der Waals surface area contributed by atoms with Gasteiger partial charge in [0.25, 0.3) is 0 Å². The van der Waals surface area contributed by atoms with Crippen molar-refractivity contribution in [2.75, 3.05) is 6.54 Å². The number of carbonyl (C=O) groups excluding carboxylic acids is 2. The molecule has 120 valence electrons. The maximum atomic E-state index is 12.9. The highest BCUT2D eigenvalue weighted by Gasteiger charge is 2.30. The molecule has 23 heavy (non-hydrogen) atoms. The molecule has 1 aromatic heterocycles. The van der Waals surface area contributed by atoms with Crippen molar-refractivity contribution in [3.8, 4) is 0 Å². The van der Waals surface area contributed by atoms with Crippen LogP contribution in [0.3, 0.4) is 0 Å². The second-order valence-corrected chi connectivity index (χ2v) is 5.57. The lowest BCUT2D eigenvalue weighted by atomic mass is 10.2. The van der Waals surface area contributed by atoms with E-state index in [1.165, 1.54) is 16.8 Å². The molecule has 1 atom stereocenters. The van der Waals surface area contributed by atoms with Crippen LogP contribution < -0.4 is 5.32 Å². The molecule has 1 fully saturated rings. The van der Waals surface area contributed by atoms with Gasteiger partial charge < -0.3 is 10.2 Å². The number of carbonyl (C=O) groups is 2. The molecule has 7 heteroatoms. The fraction of sp³-hybridized carbons (Fsp3) is 0.312. The van der Waals surface area contributed by atoms with E-state index in [-0.39, 0.29) is 36.6 Å². The fourth-order valence-corrected chi connectivity index (χ4v) is 2.65. The normalized spacial score (nSPS) is 17.5. The molecule has 0 spiro atoms. The third-order valence-electron chi connectivity index (χ3n) is 3.73. The number of halogens is 1. The summed E-state index contributed by atoms with van der Waals surface area (Å²) >= 11 is 0. The fourth-order valence-electron chi connectivity index (χ4n) is 2.65. The maximum Gasteiger partial charge on any atom is 0.242 e. The number of amides is 2. The Labute approximate surface area is 132 Å². The molecule has 0 saturated carbocycles. The predicted molar refractivity (Wildman–Crippen MR) is 80.6 cm³/mol. The quantitative estimate of drug-likeness (QED) is 0.893. The first-order chi connectivity index (χ1) is 11.1.